The third kappa shape index (κ3) is 5.37. The fourth-order valence-corrected chi connectivity index (χ4v) is 4.57. The summed E-state index contributed by atoms with van der Waals surface area (Å²) in [7, 11) is 0. The molecule has 0 aromatic heterocycles. The lowest BCUT2D eigenvalue weighted by atomic mass is 10.1. The fraction of sp³-hybridized carbons (Fsp3) is 0.148. The summed E-state index contributed by atoms with van der Waals surface area (Å²) < 4.78 is 13.3. The van der Waals surface area contributed by atoms with Gasteiger partial charge in [0.2, 0.25) is 0 Å². The van der Waals surface area contributed by atoms with E-state index in [-0.39, 0.29) is 11.5 Å². The van der Waals surface area contributed by atoms with Gasteiger partial charge in [0.1, 0.15) is 6.61 Å². The van der Waals surface area contributed by atoms with Gasteiger partial charge in [0.05, 0.1) is 33.6 Å². The van der Waals surface area contributed by atoms with E-state index in [0.717, 1.165) is 5.56 Å². The number of nitrogens with zero attached hydrogens (tertiary/aromatic N) is 2. The van der Waals surface area contributed by atoms with Gasteiger partial charge >= 0.3 is 5.97 Å². The van der Waals surface area contributed by atoms with Crippen LogP contribution in [0.3, 0.4) is 0 Å². The number of benzene rings is 3. The lowest BCUT2D eigenvalue weighted by molar-refractivity contribution is -0.114. The van der Waals surface area contributed by atoms with Gasteiger partial charge in [-0.2, -0.15) is 10.1 Å². The second-order valence-electron chi connectivity index (χ2n) is 7.84. The van der Waals surface area contributed by atoms with Crippen molar-refractivity contribution < 1.29 is 24.2 Å². The molecular weight excluding hydrogens is 592 g/mol. The highest BCUT2D eigenvalue weighted by molar-refractivity contribution is 9.13. The quantitative estimate of drug-likeness (QED) is 0.286. The van der Waals surface area contributed by atoms with Crippen molar-refractivity contribution in [3.63, 3.8) is 0 Å². The molecule has 36 heavy (non-hydrogen) atoms. The van der Waals surface area contributed by atoms with Crippen molar-refractivity contribution in [3.05, 3.63) is 91.9 Å². The second kappa shape index (κ2) is 11.1. The number of hydrogen-bond acceptors (Lipinski definition) is 5. The topological polar surface area (TPSA) is 88.4 Å². The number of carbonyl (C=O) groups is 2. The number of rotatable bonds is 8. The molecule has 1 heterocycles. The van der Waals surface area contributed by atoms with Crippen LogP contribution in [0.4, 0.5) is 5.69 Å². The molecule has 0 radical (unpaired) electrons. The van der Waals surface area contributed by atoms with Crippen molar-refractivity contribution in [1.29, 1.82) is 0 Å². The molecule has 0 bridgehead atoms. The maximum atomic E-state index is 13.2. The predicted molar refractivity (Wildman–Crippen MR) is 146 cm³/mol. The third-order valence-electron chi connectivity index (χ3n) is 5.38. The molecule has 0 fully saturated rings. The molecule has 0 saturated heterocycles. The van der Waals surface area contributed by atoms with E-state index in [4.69, 9.17) is 9.47 Å². The van der Waals surface area contributed by atoms with Gasteiger partial charge in [0.15, 0.2) is 11.5 Å². The molecule has 1 aliphatic heterocycles. The van der Waals surface area contributed by atoms with Crippen LogP contribution < -0.4 is 14.5 Å². The number of amides is 1. The van der Waals surface area contributed by atoms with E-state index < -0.39 is 5.97 Å². The highest BCUT2D eigenvalue weighted by Crippen LogP contribution is 2.44. The van der Waals surface area contributed by atoms with Gasteiger partial charge in [-0.05, 0) is 87.2 Å². The zero-order valence-corrected chi connectivity index (χ0v) is 22.7. The normalized spacial score (nSPS) is 14.2. The van der Waals surface area contributed by atoms with Crippen molar-refractivity contribution in [2.45, 2.75) is 20.5 Å². The number of anilines is 1. The number of hydrazone groups is 1. The summed E-state index contributed by atoms with van der Waals surface area (Å²) in [6, 6.07) is 17.7. The van der Waals surface area contributed by atoms with Crippen molar-refractivity contribution in [1.82, 2.24) is 0 Å². The summed E-state index contributed by atoms with van der Waals surface area (Å²) in [5.41, 5.74) is 3.04. The van der Waals surface area contributed by atoms with Gasteiger partial charge in [0.25, 0.3) is 5.91 Å². The molecular formula is C27H22Br2N2O5. The predicted octanol–water partition coefficient (Wildman–Crippen LogP) is 6.69. The molecule has 1 N–H and O–H groups in total. The van der Waals surface area contributed by atoms with Crippen LogP contribution >= 0.6 is 31.9 Å². The average molecular weight is 614 g/mol. The van der Waals surface area contributed by atoms with Gasteiger partial charge in [0, 0.05) is 4.47 Å². The zero-order chi connectivity index (χ0) is 25.8. The highest BCUT2D eigenvalue weighted by atomic mass is 79.9. The number of hydrogen-bond donors (Lipinski definition) is 1. The number of halogens is 2. The summed E-state index contributed by atoms with van der Waals surface area (Å²) in [4.78, 5) is 24.6. The molecule has 9 heteroatoms. The lowest BCUT2D eigenvalue weighted by Crippen LogP contribution is -2.21. The smallest absolute Gasteiger partial charge is 0.335 e. The monoisotopic (exact) mass is 612 g/mol. The van der Waals surface area contributed by atoms with Gasteiger partial charge in [-0.15, -0.1) is 0 Å². The Balaban J connectivity index is 1.67. The van der Waals surface area contributed by atoms with Crippen molar-refractivity contribution >= 4 is 61.2 Å². The molecule has 7 nitrogen and oxygen atoms in total. The van der Waals surface area contributed by atoms with Gasteiger partial charge in [-0.3, -0.25) is 4.79 Å². The molecule has 1 aliphatic rings. The minimum atomic E-state index is -1.08. The number of carboxylic acid groups (broad SMARTS) is 1. The number of carbonyl (C=O) groups excluding carboxylic acids is 1. The molecule has 3 aromatic carbocycles. The Morgan fingerprint density at radius 3 is 2.50 bits per heavy atom. The molecule has 0 aliphatic carbocycles. The Labute approximate surface area is 225 Å². The minimum Gasteiger partial charge on any atom is -0.490 e. The van der Waals surface area contributed by atoms with Crippen LogP contribution in [0.25, 0.3) is 6.08 Å². The maximum Gasteiger partial charge on any atom is 0.335 e. The van der Waals surface area contributed by atoms with E-state index >= 15 is 0 Å². The molecule has 0 atom stereocenters. The number of ether oxygens (including phenoxy) is 2. The molecule has 0 spiro atoms. The van der Waals surface area contributed by atoms with Crippen molar-refractivity contribution in [3.8, 4) is 11.5 Å². The standard InChI is InChI=1S/C27H22Br2N2O5/c1-3-35-22-14-19(23(28)24(29)25(22)36-15-17-8-5-4-6-9-17)13-21-16(2)30-31(26(21)32)20-11-7-10-18(12-20)27(33)34/h4-14H,3,15H2,1-2H3,(H,33,34)/b21-13-. The van der Waals surface area contributed by atoms with Gasteiger partial charge in [-0.1, -0.05) is 36.4 Å². The third-order valence-corrected chi connectivity index (χ3v) is 7.52. The summed E-state index contributed by atoms with van der Waals surface area (Å²) in [6.07, 6.45) is 1.72. The Bertz CT molecular complexity index is 1390. The first kappa shape index (κ1) is 25.7. The van der Waals surface area contributed by atoms with Crippen LogP contribution in [0.1, 0.15) is 35.3 Å². The summed E-state index contributed by atoms with van der Waals surface area (Å²) in [5.74, 6) is -0.362. The molecule has 0 saturated carbocycles. The van der Waals surface area contributed by atoms with Gasteiger partial charge < -0.3 is 14.6 Å². The average Bonchev–Trinajstić information content (AvgIpc) is 3.16. The largest absolute Gasteiger partial charge is 0.490 e. The summed E-state index contributed by atoms with van der Waals surface area (Å²) >= 11 is 7.23. The fourth-order valence-electron chi connectivity index (χ4n) is 3.62. The summed E-state index contributed by atoms with van der Waals surface area (Å²) in [6.45, 7) is 4.41. The van der Waals surface area contributed by atoms with Crippen LogP contribution in [0, 0.1) is 0 Å². The molecule has 3 aromatic rings. The number of aromatic carboxylic acids is 1. The van der Waals surface area contributed by atoms with Crippen molar-refractivity contribution in [2.75, 3.05) is 11.6 Å². The van der Waals surface area contributed by atoms with Crippen LogP contribution in [0.2, 0.25) is 0 Å². The van der Waals surface area contributed by atoms with E-state index in [1.165, 1.54) is 17.1 Å². The molecule has 184 valence electrons. The Hall–Kier alpha value is -3.43. The molecule has 0 unspecified atom stereocenters. The number of carboxylic acids is 1. The minimum absolute atomic E-state index is 0.0738. The Morgan fingerprint density at radius 1 is 1.06 bits per heavy atom. The Morgan fingerprint density at radius 2 is 1.81 bits per heavy atom. The molecule has 4 rings (SSSR count). The van der Waals surface area contributed by atoms with Crippen LogP contribution in [-0.2, 0) is 11.4 Å². The Kier molecular flexibility index (Phi) is 7.91. The van der Waals surface area contributed by atoms with Crippen LogP contribution in [0.15, 0.2) is 80.3 Å². The molecule has 1 amide bonds. The lowest BCUT2D eigenvalue weighted by Gasteiger charge is -2.17. The van der Waals surface area contributed by atoms with E-state index in [0.29, 0.717) is 56.2 Å². The van der Waals surface area contributed by atoms with E-state index in [1.54, 1.807) is 31.2 Å². The first-order valence-corrected chi connectivity index (χ1v) is 12.6. The van der Waals surface area contributed by atoms with E-state index in [1.807, 2.05) is 37.3 Å². The van der Waals surface area contributed by atoms with Gasteiger partial charge in [-0.25, -0.2) is 4.79 Å². The maximum absolute atomic E-state index is 13.2. The van der Waals surface area contributed by atoms with Crippen LogP contribution in [0.5, 0.6) is 11.5 Å². The first-order chi connectivity index (χ1) is 17.3. The van der Waals surface area contributed by atoms with E-state index in [2.05, 4.69) is 37.0 Å². The van der Waals surface area contributed by atoms with E-state index in [9.17, 15) is 14.7 Å². The zero-order valence-electron chi connectivity index (χ0n) is 19.5. The summed E-state index contributed by atoms with van der Waals surface area (Å²) in [5, 5.41) is 14.9. The SMILES string of the molecule is CCOc1cc(/C=C2\C(=O)N(c3cccc(C(=O)O)c3)N=C2C)c(Br)c(Br)c1OCc1ccccc1. The van der Waals surface area contributed by atoms with Crippen molar-refractivity contribution in [2.24, 2.45) is 5.10 Å². The van der Waals surface area contributed by atoms with Crippen LogP contribution in [-0.4, -0.2) is 29.3 Å². The highest BCUT2D eigenvalue weighted by Gasteiger charge is 2.30. The second-order valence-corrected chi connectivity index (χ2v) is 9.43. The first-order valence-electron chi connectivity index (χ1n) is 11.1.